The molecule has 1 rings (SSSR count). The molecule has 0 spiro atoms. The Morgan fingerprint density at radius 2 is 1.81 bits per heavy atom. The normalized spacial score (nSPS) is 13.6. The quantitative estimate of drug-likeness (QED) is 0.825. The Kier molecular flexibility index (Phi) is 4.30. The Morgan fingerprint density at radius 3 is 2.25 bits per heavy atom. The molecule has 3 heteroatoms. The van der Waals surface area contributed by atoms with Gasteiger partial charge in [-0.3, -0.25) is 0 Å². The van der Waals surface area contributed by atoms with Gasteiger partial charge in [-0.15, -0.1) is 0 Å². The summed E-state index contributed by atoms with van der Waals surface area (Å²) in [5.74, 6) is -0.248. The van der Waals surface area contributed by atoms with Crippen LogP contribution in [0.25, 0.3) is 0 Å². The average Bonchev–Trinajstić information content (AvgIpc) is 2.18. The van der Waals surface area contributed by atoms with E-state index >= 15 is 0 Å². The van der Waals surface area contributed by atoms with Crippen LogP contribution in [-0.4, -0.2) is 17.8 Å². The molecular weight excluding hydrogens is 205 g/mol. The molecule has 1 atom stereocenters. The highest BCUT2D eigenvalue weighted by Crippen LogP contribution is 2.22. The molecule has 0 aliphatic carbocycles. The number of benzene rings is 1. The molecule has 16 heavy (non-hydrogen) atoms. The maximum absolute atomic E-state index is 12.7. The molecule has 0 bridgehead atoms. The first-order valence-electron chi connectivity index (χ1n) is 5.54. The largest absolute Gasteiger partial charge is 0.394 e. The van der Waals surface area contributed by atoms with Gasteiger partial charge in [0.1, 0.15) is 5.82 Å². The van der Waals surface area contributed by atoms with Crippen molar-refractivity contribution < 1.29 is 9.50 Å². The van der Waals surface area contributed by atoms with Crippen molar-refractivity contribution in [1.29, 1.82) is 0 Å². The molecule has 0 heterocycles. The predicted octanol–water partition coefficient (Wildman–Crippen LogP) is 3.03. The van der Waals surface area contributed by atoms with E-state index in [2.05, 4.69) is 26.1 Å². The fraction of sp³-hybridized carbons (Fsp3) is 0.538. The Balaban J connectivity index is 2.60. The van der Waals surface area contributed by atoms with Crippen LogP contribution in [0.15, 0.2) is 24.3 Å². The molecule has 0 radical (unpaired) electrons. The van der Waals surface area contributed by atoms with Crippen molar-refractivity contribution in [2.45, 2.75) is 33.2 Å². The highest BCUT2D eigenvalue weighted by atomic mass is 19.1. The minimum Gasteiger partial charge on any atom is -0.394 e. The lowest BCUT2D eigenvalue weighted by molar-refractivity contribution is 0.234. The van der Waals surface area contributed by atoms with E-state index < -0.39 is 0 Å². The second-order valence-electron chi connectivity index (χ2n) is 5.30. The maximum atomic E-state index is 12.7. The molecule has 90 valence electrons. The molecule has 2 nitrogen and oxygen atoms in total. The number of aliphatic hydroxyl groups excluding tert-OH is 1. The predicted molar refractivity (Wildman–Crippen MR) is 65.0 cm³/mol. The molecule has 0 amide bonds. The SMILES string of the molecule is CC(C)(C)CC(CO)Nc1ccc(F)cc1. The zero-order chi connectivity index (χ0) is 12.2. The number of aliphatic hydroxyl groups is 1. The van der Waals surface area contributed by atoms with Gasteiger partial charge in [0.05, 0.1) is 6.61 Å². The van der Waals surface area contributed by atoms with Crippen LogP contribution in [0.1, 0.15) is 27.2 Å². The van der Waals surface area contributed by atoms with Crippen molar-refractivity contribution in [3.63, 3.8) is 0 Å². The Bertz CT molecular complexity index is 316. The lowest BCUT2D eigenvalue weighted by atomic mass is 9.88. The van der Waals surface area contributed by atoms with Crippen LogP contribution in [0, 0.1) is 11.2 Å². The van der Waals surface area contributed by atoms with E-state index in [1.54, 1.807) is 12.1 Å². The average molecular weight is 225 g/mol. The zero-order valence-electron chi connectivity index (χ0n) is 10.1. The van der Waals surface area contributed by atoms with Gasteiger partial charge < -0.3 is 10.4 Å². The van der Waals surface area contributed by atoms with Gasteiger partial charge in [0, 0.05) is 11.7 Å². The summed E-state index contributed by atoms with van der Waals surface area (Å²) in [6, 6.07) is 6.19. The molecule has 0 fully saturated rings. The van der Waals surface area contributed by atoms with Crippen LogP contribution >= 0.6 is 0 Å². The van der Waals surface area contributed by atoms with Gasteiger partial charge in [-0.1, -0.05) is 20.8 Å². The standard InChI is InChI=1S/C13H20FNO/c1-13(2,3)8-12(9-16)15-11-6-4-10(14)5-7-11/h4-7,12,15-16H,8-9H2,1-3H3. The van der Waals surface area contributed by atoms with Crippen molar-refractivity contribution in [3.05, 3.63) is 30.1 Å². The second-order valence-corrected chi connectivity index (χ2v) is 5.30. The van der Waals surface area contributed by atoms with Gasteiger partial charge in [0.2, 0.25) is 0 Å². The van der Waals surface area contributed by atoms with Crippen LogP contribution in [0.5, 0.6) is 0 Å². The van der Waals surface area contributed by atoms with Crippen molar-refractivity contribution in [2.75, 3.05) is 11.9 Å². The number of hydrogen-bond donors (Lipinski definition) is 2. The van der Waals surface area contributed by atoms with Gasteiger partial charge in [-0.25, -0.2) is 4.39 Å². The monoisotopic (exact) mass is 225 g/mol. The van der Waals surface area contributed by atoms with Gasteiger partial charge in [-0.2, -0.15) is 0 Å². The fourth-order valence-corrected chi connectivity index (χ4v) is 1.68. The molecule has 0 saturated heterocycles. The summed E-state index contributed by atoms with van der Waals surface area (Å²) < 4.78 is 12.7. The van der Waals surface area contributed by atoms with Crippen LogP contribution in [0.4, 0.5) is 10.1 Å². The summed E-state index contributed by atoms with van der Waals surface area (Å²) in [7, 11) is 0. The van der Waals surface area contributed by atoms with E-state index in [1.165, 1.54) is 12.1 Å². The van der Waals surface area contributed by atoms with Crippen molar-refractivity contribution in [2.24, 2.45) is 5.41 Å². The van der Waals surface area contributed by atoms with Gasteiger partial charge in [0.15, 0.2) is 0 Å². The zero-order valence-corrected chi connectivity index (χ0v) is 10.1. The first-order valence-corrected chi connectivity index (χ1v) is 5.54. The summed E-state index contributed by atoms with van der Waals surface area (Å²) >= 11 is 0. The number of halogens is 1. The summed E-state index contributed by atoms with van der Waals surface area (Å²) in [5.41, 5.74) is 0.991. The molecule has 0 aliphatic rings. The smallest absolute Gasteiger partial charge is 0.123 e. The van der Waals surface area contributed by atoms with E-state index in [1.807, 2.05) is 0 Å². The summed E-state index contributed by atoms with van der Waals surface area (Å²) in [6.07, 6.45) is 0.862. The molecule has 1 aromatic rings. The molecule has 0 aromatic heterocycles. The number of rotatable bonds is 4. The molecule has 0 aliphatic heterocycles. The van der Waals surface area contributed by atoms with Crippen LogP contribution in [0.3, 0.4) is 0 Å². The lowest BCUT2D eigenvalue weighted by Crippen LogP contribution is -2.29. The van der Waals surface area contributed by atoms with E-state index in [-0.39, 0.29) is 23.9 Å². The maximum Gasteiger partial charge on any atom is 0.123 e. The summed E-state index contributed by atoms with van der Waals surface area (Å²) in [4.78, 5) is 0. The lowest BCUT2D eigenvalue weighted by Gasteiger charge is -2.26. The highest BCUT2D eigenvalue weighted by molar-refractivity contribution is 5.43. The third-order valence-electron chi connectivity index (χ3n) is 2.29. The first kappa shape index (κ1) is 13.0. The number of nitrogens with one attached hydrogen (secondary N) is 1. The van der Waals surface area contributed by atoms with Crippen LogP contribution in [-0.2, 0) is 0 Å². The fourth-order valence-electron chi connectivity index (χ4n) is 1.68. The first-order chi connectivity index (χ1) is 7.40. The van der Waals surface area contributed by atoms with E-state index in [0.29, 0.717) is 0 Å². The molecule has 1 unspecified atom stereocenters. The van der Waals surface area contributed by atoms with Crippen molar-refractivity contribution in [1.82, 2.24) is 0 Å². The van der Waals surface area contributed by atoms with Gasteiger partial charge in [-0.05, 0) is 36.1 Å². The van der Waals surface area contributed by atoms with Crippen LogP contribution in [0.2, 0.25) is 0 Å². The number of hydrogen-bond acceptors (Lipinski definition) is 2. The Morgan fingerprint density at radius 1 is 1.25 bits per heavy atom. The molecule has 1 aromatic carbocycles. The third kappa shape index (κ3) is 4.62. The highest BCUT2D eigenvalue weighted by Gasteiger charge is 2.17. The van der Waals surface area contributed by atoms with E-state index in [0.717, 1.165) is 12.1 Å². The van der Waals surface area contributed by atoms with E-state index in [9.17, 15) is 9.50 Å². The van der Waals surface area contributed by atoms with Gasteiger partial charge in [0.25, 0.3) is 0 Å². The van der Waals surface area contributed by atoms with E-state index in [4.69, 9.17) is 0 Å². The molecule has 2 N–H and O–H groups in total. The van der Waals surface area contributed by atoms with Crippen LogP contribution < -0.4 is 5.32 Å². The minimum absolute atomic E-state index is 0.00506. The summed E-state index contributed by atoms with van der Waals surface area (Å²) in [5, 5.41) is 12.5. The molecule has 0 saturated carbocycles. The summed E-state index contributed by atoms with van der Waals surface area (Å²) in [6.45, 7) is 6.46. The molecular formula is C13H20FNO. The van der Waals surface area contributed by atoms with Gasteiger partial charge >= 0.3 is 0 Å². The van der Waals surface area contributed by atoms with Crippen molar-refractivity contribution in [3.8, 4) is 0 Å². The second kappa shape index (κ2) is 5.30. The Labute approximate surface area is 96.5 Å². The Hall–Kier alpha value is -1.09. The van der Waals surface area contributed by atoms with Crippen molar-refractivity contribution >= 4 is 5.69 Å². The minimum atomic E-state index is -0.248. The topological polar surface area (TPSA) is 32.3 Å². The third-order valence-corrected chi connectivity index (χ3v) is 2.29. The number of anilines is 1.